The number of hydrogen-bond acceptors (Lipinski definition) is 7. The molecule has 1 aromatic carbocycles. The van der Waals surface area contributed by atoms with Crippen LogP contribution in [0.3, 0.4) is 0 Å². The second-order valence-corrected chi connectivity index (χ2v) is 9.77. The predicted octanol–water partition coefficient (Wildman–Crippen LogP) is 3.06. The van der Waals surface area contributed by atoms with Gasteiger partial charge >= 0.3 is 0 Å². The van der Waals surface area contributed by atoms with E-state index in [1.807, 2.05) is 4.90 Å². The summed E-state index contributed by atoms with van der Waals surface area (Å²) in [6.07, 6.45) is 5.27. The molecular weight excluding hydrogens is 461 g/mol. The van der Waals surface area contributed by atoms with Crippen LogP contribution in [0.25, 0.3) is 5.57 Å². The van der Waals surface area contributed by atoms with Crippen molar-refractivity contribution in [3.63, 3.8) is 0 Å². The summed E-state index contributed by atoms with van der Waals surface area (Å²) in [6, 6.07) is 5.14. The average molecular weight is 494 g/mol. The zero-order chi connectivity index (χ0) is 25.2. The van der Waals surface area contributed by atoms with E-state index in [2.05, 4.69) is 44.2 Å². The summed E-state index contributed by atoms with van der Waals surface area (Å²) in [5.41, 5.74) is 2.34. The summed E-state index contributed by atoms with van der Waals surface area (Å²) in [5.74, 6) is 0.763. The Morgan fingerprint density at radius 1 is 1.00 bits per heavy atom. The quantitative estimate of drug-likeness (QED) is 0.631. The third kappa shape index (κ3) is 4.90. The van der Waals surface area contributed by atoms with Crippen LogP contribution in [0.15, 0.2) is 30.7 Å². The number of nitrogens with zero attached hydrogens (tertiary/aromatic N) is 5. The summed E-state index contributed by atoms with van der Waals surface area (Å²) < 4.78 is 14.7. The summed E-state index contributed by atoms with van der Waals surface area (Å²) in [4.78, 5) is 40.7. The van der Waals surface area contributed by atoms with Gasteiger partial charge < -0.3 is 20.4 Å². The second kappa shape index (κ2) is 10.2. The number of benzene rings is 1. The van der Waals surface area contributed by atoms with Gasteiger partial charge in [0.05, 0.1) is 11.1 Å². The Bertz CT molecular complexity index is 1190. The number of halogens is 1. The van der Waals surface area contributed by atoms with E-state index in [9.17, 15) is 14.0 Å². The van der Waals surface area contributed by atoms with Crippen molar-refractivity contribution in [2.24, 2.45) is 0 Å². The highest BCUT2D eigenvalue weighted by Gasteiger charge is 2.33. The van der Waals surface area contributed by atoms with Gasteiger partial charge in [-0.1, -0.05) is 0 Å². The van der Waals surface area contributed by atoms with Crippen LogP contribution in [0.2, 0.25) is 0 Å². The lowest BCUT2D eigenvalue weighted by Crippen LogP contribution is -2.49. The number of carbonyl (C=O) groups excluding carboxylic acids is 2. The topological polar surface area (TPSA) is 93.7 Å². The maximum atomic E-state index is 14.7. The van der Waals surface area contributed by atoms with Gasteiger partial charge in [-0.3, -0.25) is 14.5 Å². The molecule has 9 nitrogen and oxygen atoms in total. The van der Waals surface area contributed by atoms with E-state index in [0.717, 1.165) is 19.4 Å². The van der Waals surface area contributed by atoms with Crippen LogP contribution in [0.4, 0.5) is 21.7 Å². The van der Waals surface area contributed by atoms with Crippen molar-refractivity contribution < 1.29 is 14.0 Å². The first-order chi connectivity index (χ1) is 17.4. The molecule has 6 rings (SSSR count). The zero-order valence-electron chi connectivity index (χ0n) is 20.8. The highest BCUT2D eigenvalue weighted by molar-refractivity contribution is 6.32. The Hall–Kier alpha value is -3.53. The maximum Gasteiger partial charge on any atom is 0.259 e. The van der Waals surface area contributed by atoms with Crippen LogP contribution in [0.1, 0.15) is 44.2 Å². The van der Waals surface area contributed by atoms with E-state index in [1.54, 1.807) is 18.3 Å². The Kier molecular flexibility index (Phi) is 6.86. The number of carbonyl (C=O) groups is 2. The maximum absolute atomic E-state index is 14.7. The lowest BCUT2D eigenvalue weighted by atomic mass is 10.1. The highest BCUT2D eigenvalue weighted by atomic mass is 19.1. The summed E-state index contributed by atoms with van der Waals surface area (Å²) in [6.45, 7) is 7.93. The third-order valence-electron chi connectivity index (χ3n) is 7.12. The molecule has 0 saturated carbocycles. The smallest absolute Gasteiger partial charge is 0.259 e. The molecule has 2 aromatic rings. The number of anilines is 3. The second-order valence-electron chi connectivity index (χ2n) is 9.77. The molecule has 2 amide bonds. The first-order valence-electron chi connectivity index (χ1n) is 12.6. The molecule has 4 aliphatic heterocycles. The van der Waals surface area contributed by atoms with Crippen molar-refractivity contribution in [3.8, 4) is 0 Å². The first kappa shape index (κ1) is 24.2. The fraction of sp³-hybridized carbons (Fsp3) is 0.462. The minimum atomic E-state index is -0.271. The summed E-state index contributed by atoms with van der Waals surface area (Å²) in [7, 11) is 0. The fourth-order valence-corrected chi connectivity index (χ4v) is 4.98. The first-order valence-corrected chi connectivity index (χ1v) is 12.6. The Labute approximate surface area is 210 Å². The van der Waals surface area contributed by atoms with Gasteiger partial charge in [0.2, 0.25) is 5.91 Å². The molecule has 0 aliphatic carbocycles. The van der Waals surface area contributed by atoms with Crippen LogP contribution in [-0.4, -0.2) is 70.3 Å². The number of rotatable bonds is 1. The highest BCUT2D eigenvalue weighted by Crippen LogP contribution is 2.36. The summed E-state index contributed by atoms with van der Waals surface area (Å²) >= 11 is 0. The molecule has 190 valence electrons. The van der Waals surface area contributed by atoms with E-state index < -0.39 is 0 Å². The average Bonchev–Trinajstić information content (AvgIpc) is 3.20. The molecule has 0 spiro atoms. The van der Waals surface area contributed by atoms with Crippen molar-refractivity contribution in [2.45, 2.75) is 45.7 Å². The number of amides is 2. The molecule has 2 N–H and O–H groups in total. The van der Waals surface area contributed by atoms with E-state index in [4.69, 9.17) is 0 Å². The van der Waals surface area contributed by atoms with Gasteiger partial charge in [0.15, 0.2) is 0 Å². The van der Waals surface area contributed by atoms with Crippen molar-refractivity contribution in [1.82, 2.24) is 19.8 Å². The van der Waals surface area contributed by atoms with Crippen molar-refractivity contribution in [3.05, 3.63) is 47.7 Å². The lowest BCUT2D eigenvalue weighted by Gasteiger charge is -2.36. The fourth-order valence-electron chi connectivity index (χ4n) is 4.98. The number of piperazine rings is 1. The van der Waals surface area contributed by atoms with Crippen LogP contribution in [0, 0.1) is 5.82 Å². The number of hydrogen-bond donors (Lipinski definition) is 2. The van der Waals surface area contributed by atoms with Crippen LogP contribution < -0.4 is 15.5 Å². The SMILES string of the molecule is CC(C)N1CCCCC(=O)N2CCN(CC2)c2ncnc3c2/C(=C\Nc2ccc(F)c(c2)C1)C(=O)N3. The Morgan fingerprint density at radius 2 is 1.78 bits per heavy atom. The summed E-state index contributed by atoms with van der Waals surface area (Å²) in [5, 5.41) is 6.01. The van der Waals surface area contributed by atoms with E-state index in [1.165, 1.54) is 12.4 Å². The standard InChI is InChI=1S/C26H32FN7O2/c1-17(2)34-8-4-3-5-22(35)32-9-11-33(12-10-32)25-23-20(26(36)31-24(23)29-16-30-25)14-28-19-6-7-21(27)18(13-19)15-34/h6-7,13-14,16-17,28H,3-5,8-12,15H2,1-2H3,(H,29,30,31,36)/b20-14+. The van der Waals surface area contributed by atoms with Gasteiger partial charge in [0.1, 0.15) is 23.8 Å². The number of aromatic nitrogens is 2. The molecule has 1 fully saturated rings. The van der Waals surface area contributed by atoms with E-state index in [0.29, 0.717) is 73.2 Å². The largest absolute Gasteiger partial charge is 0.361 e. The van der Waals surface area contributed by atoms with Gasteiger partial charge in [-0.25, -0.2) is 14.4 Å². The van der Waals surface area contributed by atoms with E-state index >= 15 is 0 Å². The molecule has 0 radical (unpaired) electrons. The molecule has 0 atom stereocenters. The van der Waals surface area contributed by atoms with Gasteiger partial charge in [0, 0.05) is 62.6 Å². The predicted molar refractivity (Wildman–Crippen MR) is 137 cm³/mol. The van der Waals surface area contributed by atoms with Gasteiger partial charge in [-0.2, -0.15) is 0 Å². The molecule has 4 bridgehead atoms. The van der Waals surface area contributed by atoms with Crippen LogP contribution in [-0.2, 0) is 16.1 Å². The Balaban J connectivity index is 1.51. The lowest BCUT2D eigenvalue weighted by molar-refractivity contribution is -0.131. The molecule has 1 saturated heterocycles. The molecular formula is C26H32FN7O2. The number of fused-ring (bicyclic) bond motifs is 9. The van der Waals surface area contributed by atoms with Crippen molar-refractivity contribution in [1.29, 1.82) is 0 Å². The normalized spacial score (nSPS) is 20.7. The van der Waals surface area contributed by atoms with E-state index in [-0.39, 0.29) is 23.7 Å². The molecule has 10 heteroatoms. The zero-order valence-corrected chi connectivity index (χ0v) is 20.8. The Morgan fingerprint density at radius 3 is 2.56 bits per heavy atom. The minimum Gasteiger partial charge on any atom is -0.361 e. The monoisotopic (exact) mass is 493 g/mol. The molecule has 0 unspecified atom stereocenters. The van der Waals surface area contributed by atoms with Crippen LogP contribution in [0.5, 0.6) is 0 Å². The minimum absolute atomic E-state index is 0.164. The van der Waals surface area contributed by atoms with Gasteiger partial charge in [0.25, 0.3) is 5.91 Å². The van der Waals surface area contributed by atoms with Crippen LogP contribution >= 0.6 is 0 Å². The molecule has 36 heavy (non-hydrogen) atoms. The molecule has 4 aliphatic rings. The molecule has 5 heterocycles. The van der Waals surface area contributed by atoms with Crippen molar-refractivity contribution in [2.75, 3.05) is 48.3 Å². The van der Waals surface area contributed by atoms with Crippen molar-refractivity contribution >= 4 is 34.7 Å². The number of nitrogens with one attached hydrogen (secondary N) is 2. The van der Waals surface area contributed by atoms with Gasteiger partial charge in [-0.05, 0) is 51.4 Å². The molecule has 1 aromatic heterocycles. The van der Waals surface area contributed by atoms with Gasteiger partial charge in [-0.15, -0.1) is 0 Å². The third-order valence-corrected chi connectivity index (χ3v) is 7.12.